The second kappa shape index (κ2) is 6.35. The number of hydrogen-bond donors (Lipinski definition) is 2. The van der Waals surface area contributed by atoms with Gasteiger partial charge >= 0.3 is 0 Å². The fourth-order valence-corrected chi connectivity index (χ4v) is 2.61. The smallest absolute Gasteiger partial charge is 0.223 e. The van der Waals surface area contributed by atoms with Gasteiger partial charge in [0.05, 0.1) is 11.1 Å². The van der Waals surface area contributed by atoms with Crippen molar-refractivity contribution in [3.63, 3.8) is 0 Å². The molecule has 19 heavy (non-hydrogen) atoms. The lowest BCUT2D eigenvalue weighted by atomic mass is 9.86. The van der Waals surface area contributed by atoms with E-state index in [0.29, 0.717) is 12.0 Å². The molecule has 1 saturated carbocycles. The van der Waals surface area contributed by atoms with Crippen molar-refractivity contribution < 1.29 is 14.3 Å². The number of aliphatic hydroxyl groups is 1. The predicted molar refractivity (Wildman–Crippen MR) is 71.2 cm³/mol. The van der Waals surface area contributed by atoms with Crippen LogP contribution in [0.2, 0.25) is 5.02 Å². The number of benzene rings is 1. The van der Waals surface area contributed by atoms with Gasteiger partial charge in [-0.3, -0.25) is 4.79 Å². The van der Waals surface area contributed by atoms with Gasteiger partial charge in [-0.2, -0.15) is 0 Å². The first kappa shape index (κ1) is 14.3. The molecule has 2 rings (SSSR count). The highest BCUT2D eigenvalue weighted by Crippen LogP contribution is 2.24. The molecule has 0 aliphatic heterocycles. The third kappa shape index (κ3) is 3.67. The molecule has 0 heterocycles. The molecule has 1 amide bonds. The minimum Gasteiger partial charge on any atom is -0.393 e. The lowest BCUT2D eigenvalue weighted by Gasteiger charge is -2.24. The Kier molecular flexibility index (Phi) is 4.77. The van der Waals surface area contributed by atoms with Gasteiger partial charge in [-0.15, -0.1) is 0 Å². The Morgan fingerprint density at radius 1 is 1.47 bits per heavy atom. The van der Waals surface area contributed by atoms with Gasteiger partial charge in [-0.25, -0.2) is 4.39 Å². The molecular formula is C14H17ClFNO2. The number of rotatable bonds is 3. The fraction of sp³-hybridized carbons (Fsp3) is 0.500. The van der Waals surface area contributed by atoms with E-state index in [1.54, 1.807) is 12.1 Å². The first-order valence-corrected chi connectivity index (χ1v) is 6.84. The Hall–Kier alpha value is -1.13. The average Bonchev–Trinajstić information content (AvgIpc) is 2.40. The van der Waals surface area contributed by atoms with Crippen LogP contribution in [-0.4, -0.2) is 17.1 Å². The van der Waals surface area contributed by atoms with E-state index < -0.39 is 11.9 Å². The van der Waals surface area contributed by atoms with Crippen LogP contribution in [0.1, 0.15) is 31.2 Å². The summed E-state index contributed by atoms with van der Waals surface area (Å²) in [6.45, 7) is 0.123. The lowest BCUT2D eigenvalue weighted by Crippen LogP contribution is -2.34. The maximum absolute atomic E-state index is 13.6. The van der Waals surface area contributed by atoms with Crippen LogP contribution >= 0.6 is 11.6 Å². The standard InChI is InChI=1S/C14H17ClFNO2/c15-12-6-2-4-10(13(12)16)8-17-14(19)9-3-1-5-11(18)7-9/h2,4,6,9,11,18H,1,3,5,7-8H2,(H,17,19)/t9-,11+/m1/s1. The number of nitrogens with one attached hydrogen (secondary N) is 1. The van der Waals surface area contributed by atoms with Crippen molar-refractivity contribution >= 4 is 17.5 Å². The molecule has 1 aromatic carbocycles. The summed E-state index contributed by atoms with van der Waals surface area (Å²) in [5.74, 6) is -0.794. The quantitative estimate of drug-likeness (QED) is 0.897. The fourth-order valence-electron chi connectivity index (χ4n) is 2.41. The Morgan fingerprint density at radius 2 is 2.26 bits per heavy atom. The van der Waals surface area contributed by atoms with Crippen LogP contribution in [-0.2, 0) is 11.3 Å². The van der Waals surface area contributed by atoms with Gasteiger partial charge in [0.15, 0.2) is 0 Å². The largest absolute Gasteiger partial charge is 0.393 e. The van der Waals surface area contributed by atoms with E-state index in [4.69, 9.17) is 11.6 Å². The molecule has 0 aromatic heterocycles. The minimum absolute atomic E-state index is 0.0554. The normalized spacial score (nSPS) is 23.1. The van der Waals surface area contributed by atoms with Crippen LogP contribution in [0.3, 0.4) is 0 Å². The Labute approximate surface area is 116 Å². The van der Waals surface area contributed by atoms with Crippen molar-refractivity contribution in [1.82, 2.24) is 5.32 Å². The summed E-state index contributed by atoms with van der Waals surface area (Å²) in [7, 11) is 0. The van der Waals surface area contributed by atoms with Crippen LogP contribution in [0.5, 0.6) is 0 Å². The Bertz CT molecular complexity index is 467. The highest BCUT2D eigenvalue weighted by atomic mass is 35.5. The molecule has 0 bridgehead atoms. The molecule has 1 aliphatic carbocycles. The molecule has 1 aromatic rings. The number of halogens is 2. The van der Waals surface area contributed by atoms with E-state index >= 15 is 0 Å². The van der Waals surface area contributed by atoms with Gasteiger partial charge in [0, 0.05) is 18.0 Å². The molecule has 0 unspecified atom stereocenters. The summed E-state index contributed by atoms with van der Waals surface area (Å²) in [5.41, 5.74) is 0.372. The number of carbonyl (C=O) groups excluding carboxylic acids is 1. The molecule has 0 saturated heterocycles. The van der Waals surface area contributed by atoms with Crippen molar-refractivity contribution in [3.05, 3.63) is 34.6 Å². The maximum atomic E-state index is 13.6. The van der Waals surface area contributed by atoms with Gasteiger partial charge in [0.2, 0.25) is 5.91 Å². The molecule has 1 aliphatic rings. The SMILES string of the molecule is O=C(NCc1cccc(Cl)c1F)[C@@H]1CCC[C@H](O)C1. The van der Waals surface area contributed by atoms with Gasteiger partial charge in [-0.05, 0) is 25.3 Å². The molecule has 2 atom stereocenters. The minimum atomic E-state index is -0.492. The van der Waals surface area contributed by atoms with E-state index in [-0.39, 0.29) is 23.4 Å². The van der Waals surface area contributed by atoms with Crippen LogP contribution < -0.4 is 5.32 Å². The first-order chi connectivity index (χ1) is 9.08. The molecule has 2 N–H and O–H groups in total. The number of carbonyl (C=O) groups is 1. The van der Waals surface area contributed by atoms with Crippen molar-refractivity contribution in [1.29, 1.82) is 0 Å². The van der Waals surface area contributed by atoms with Crippen LogP contribution in [0.4, 0.5) is 4.39 Å². The zero-order chi connectivity index (χ0) is 13.8. The van der Waals surface area contributed by atoms with Crippen LogP contribution in [0, 0.1) is 11.7 Å². The molecule has 104 valence electrons. The highest BCUT2D eigenvalue weighted by molar-refractivity contribution is 6.30. The van der Waals surface area contributed by atoms with E-state index in [2.05, 4.69) is 5.32 Å². The summed E-state index contributed by atoms with van der Waals surface area (Å²) < 4.78 is 13.6. The molecule has 5 heteroatoms. The van der Waals surface area contributed by atoms with Crippen molar-refractivity contribution in [2.45, 2.75) is 38.3 Å². The summed E-state index contributed by atoms with van der Waals surface area (Å²) in [4.78, 5) is 11.9. The average molecular weight is 286 g/mol. The summed E-state index contributed by atoms with van der Waals surface area (Å²) in [5, 5.41) is 12.3. The van der Waals surface area contributed by atoms with Gasteiger partial charge < -0.3 is 10.4 Å². The molecular weight excluding hydrogens is 269 g/mol. The molecule has 1 fully saturated rings. The monoisotopic (exact) mass is 285 g/mol. The Balaban J connectivity index is 1.91. The lowest BCUT2D eigenvalue weighted by molar-refractivity contribution is -0.127. The summed E-state index contributed by atoms with van der Waals surface area (Å²) in [6.07, 6.45) is 2.48. The second-order valence-corrected chi connectivity index (χ2v) is 5.36. The topological polar surface area (TPSA) is 49.3 Å². The highest BCUT2D eigenvalue weighted by Gasteiger charge is 2.25. The number of aliphatic hydroxyl groups excluding tert-OH is 1. The Morgan fingerprint density at radius 3 is 3.00 bits per heavy atom. The third-order valence-electron chi connectivity index (χ3n) is 3.50. The first-order valence-electron chi connectivity index (χ1n) is 6.46. The summed E-state index contributed by atoms with van der Waals surface area (Å²) >= 11 is 5.68. The zero-order valence-corrected chi connectivity index (χ0v) is 11.3. The molecule has 0 spiro atoms. The van der Waals surface area contributed by atoms with Gasteiger partial charge in [-0.1, -0.05) is 30.2 Å². The predicted octanol–water partition coefficient (Wildman–Crippen LogP) is 2.65. The zero-order valence-electron chi connectivity index (χ0n) is 10.5. The van der Waals surface area contributed by atoms with E-state index in [9.17, 15) is 14.3 Å². The van der Waals surface area contributed by atoms with Gasteiger partial charge in [0.1, 0.15) is 5.82 Å². The van der Waals surface area contributed by atoms with Gasteiger partial charge in [0.25, 0.3) is 0 Å². The van der Waals surface area contributed by atoms with Crippen molar-refractivity contribution in [3.8, 4) is 0 Å². The van der Waals surface area contributed by atoms with E-state index in [0.717, 1.165) is 19.3 Å². The number of amides is 1. The van der Waals surface area contributed by atoms with E-state index in [1.807, 2.05) is 0 Å². The van der Waals surface area contributed by atoms with Crippen molar-refractivity contribution in [2.24, 2.45) is 5.92 Å². The molecule has 0 radical (unpaired) electrons. The van der Waals surface area contributed by atoms with Crippen molar-refractivity contribution in [2.75, 3.05) is 0 Å². The molecule has 3 nitrogen and oxygen atoms in total. The third-order valence-corrected chi connectivity index (χ3v) is 3.79. The second-order valence-electron chi connectivity index (χ2n) is 4.95. The summed E-state index contributed by atoms with van der Waals surface area (Å²) in [6, 6.07) is 4.72. The number of hydrogen-bond acceptors (Lipinski definition) is 2. The van der Waals surface area contributed by atoms with Crippen LogP contribution in [0.25, 0.3) is 0 Å². The van der Waals surface area contributed by atoms with E-state index in [1.165, 1.54) is 6.07 Å². The maximum Gasteiger partial charge on any atom is 0.223 e. The van der Waals surface area contributed by atoms with Crippen LogP contribution in [0.15, 0.2) is 18.2 Å².